The molecule has 5 nitrogen and oxygen atoms in total. The van der Waals surface area contributed by atoms with E-state index in [0.717, 1.165) is 30.9 Å². The molecule has 0 spiro atoms. The van der Waals surface area contributed by atoms with E-state index >= 15 is 0 Å². The number of likely N-dealkylation sites (tertiary alicyclic amines) is 1. The second-order valence-corrected chi connectivity index (χ2v) is 5.96. The normalized spacial score (nSPS) is 22.8. The van der Waals surface area contributed by atoms with Crippen LogP contribution < -0.4 is 11.1 Å². The molecule has 3 N–H and O–H groups in total. The zero-order valence-corrected chi connectivity index (χ0v) is 12.6. The van der Waals surface area contributed by atoms with Gasteiger partial charge in [0.05, 0.1) is 0 Å². The van der Waals surface area contributed by atoms with E-state index in [1.165, 1.54) is 11.3 Å². The molecule has 19 heavy (non-hydrogen) atoms. The van der Waals surface area contributed by atoms with Crippen LogP contribution in [-0.4, -0.2) is 34.4 Å². The third-order valence-corrected chi connectivity index (χ3v) is 4.68. The number of nitrogens with two attached hydrogens (primary N) is 1. The van der Waals surface area contributed by atoms with Crippen LogP contribution in [0.25, 0.3) is 0 Å². The smallest absolute Gasteiger partial charge is 0.268 e. The van der Waals surface area contributed by atoms with Crippen LogP contribution in [0.2, 0.25) is 0 Å². The van der Waals surface area contributed by atoms with Crippen molar-refractivity contribution >= 4 is 28.2 Å². The number of carbonyl (C=O) groups is 1. The van der Waals surface area contributed by atoms with Gasteiger partial charge in [-0.15, -0.1) is 0 Å². The fourth-order valence-electron chi connectivity index (χ4n) is 2.67. The van der Waals surface area contributed by atoms with Crippen molar-refractivity contribution in [1.82, 2.24) is 9.88 Å². The van der Waals surface area contributed by atoms with E-state index in [-0.39, 0.29) is 5.91 Å². The van der Waals surface area contributed by atoms with Crippen LogP contribution in [0.15, 0.2) is 0 Å². The fraction of sp³-hybridized carbons (Fsp3) is 0.692. The predicted octanol–water partition coefficient (Wildman–Crippen LogP) is 2.56. The Balaban J connectivity index is 2.23. The zero-order valence-electron chi connectivity index (χ0n) is 11.8. The van der Waals surface area contributed by atoms with Gasteiger partial charge in [0.1, 0.15) is 10.7 Å². The molecule has 106 valence electrons. The number of aromatic nitrogens is 1. The highest BCUT2D eigenvalue weighted by atomic mass is 32.1. The first-order chi connectivity index (χ1) is 9.08. The summed E-state index contributed by atoms with van der Waals surface area (Å²) in [5.74, 6) is 0.385. The van der Waals surface area contributed by atoms with Gasteiger partial charge in [-0.1, -0.05) is 18.3 Å². The van der Waals surface area contributed by atoms with Crippen molar-refractivity contribution in [2.75, 3.05) is 17.6 Å². The molecule has 0 radical (unpaired) electrons. The van der Waals surface area contributed by atoms with Crippen LogP contribution in [0.5, 0.6) is 0 Å². The van der Waals surface area contributed by atoms with Gasteiger partial charge in [-0.05, 0) is 33.1 Å². The van der Waals surface area contributed by atoms with Crippen LogP contribution in [-0.2, 0) is 0 Å². The summed E-state index contributed by atoms with van der Waals surface area (Å²) in [5, 5.41) is 3.83. The number of rotatable bonds is 4. The number of hydrogen-bond donors (Lipinski definition) is 2. The average Bonchev–Trinajstić information content (AvgIpc) is 2.92. The molecule has 0 bridgehead atoms. The second kappa shape index (κ2) is 5.77. The van der Waals surface area contributed by atoms with Crippen LogP contribution in [0.1, 0.15) is 49.7 Å². The quantitative estimate of drug-likeness (QED) is 0.890. The third-order valence-electron chi connectivity index (χ3n) is 3.67. The summed E-state index contributed by atoms with van der Waals surface area (Å²) in [6.45, 7) is 7.01. The Morgan fingerprint density at radius 3 is 2.89 bits per heavy atom. The minimum absolute atomic E-state index is 0.0380. The van der Waals surface area contributed by atoms with Gasteiger partial charge in [-0.25, -0.2) is 4.98 Å². The van der Waals surface area contributed by atoms with E-state index in [0.29, 0.717) is 22.8 Å². The molecule has 1 aliphatic rings. The van der Waals surface area contributed by atoms with Crippen molar-refractivity contribution in [2.24, 2.45) is 0 Å². The number of anilines is 2. The molecule has 1 aromatic rings. The molecule has 2 unspecified atom stereocenters. The lowest BCUT2D eigenvalue weighted by molar-refractivity contribution is 0.0682. The molecule has 2 heterocycles. The fourth-order valence-corrected chi connectivity index (χ4v) is 3.56. The molecule has 2 rings (SSSR count). The molecule has 6 heteroatoms. The van der Waals surface area contributed by atoms with Gasteiger partial charge in [0, 0.05) is 18.6 Å². The number of thiazole rings is 1. The van der Waals surface area contributed by atoms with Gasteiger partial charge in [0.15, 0.2) is 5.13 Å². The molecular weight excluding hydrogens is 260 g/mol. The predicted molar refractivity (Wildman–Crippen MR) is 79.6 cm³/mol. The minimum Gasteiger partial charge on any atom is -0.382 e. The first-order valence-corrected chi connectivity index (χ1v) is 7.72. The van der Waals surface area contributed by atoms with Gasteiger partial charge in [-0.2, -0.15) is 0 Å². The number of nitrogens with one attached hydrogen (secondary N) is 1. The summed E-state index contributed by atoms with van der Waals surface area (Å²) in [7, 11) is 0. The van der Waals surface area contributed by atoms with Crippen LogP contribution >= 0.6 is 11.3 Å². The van der Waals surface area contributed by atoms with E-state index < -0.39 is 0 Å². The molecule has 1 saturated heterocycles. The Labute approximate surface area is 118 Å². The lowest BCUT2D eigenvalue weighted by atomic mass is 10.1. The number of amides is 1. The van der Waals surface area contributed by atoms with Gasteiger partial charge in [-0.3, -0.25) is 4.79 Å². The summed E-state index contributed by atoms with van der Waals surface area (Å²) >= 11 is 1.36. The Morgan fingerprint density at radius 2 is 2.26 bits per heavy atom. The first-order valence-electron chi connectivity index (χ1n) is 6.91. The molecular formula is C13H22N4OS. The van der Waals surface area contributed by atoms with E-state index in [2.05, 4.69) is 24.1 Å². The van der Waals surface area contributed by atoms with E-state index in [9.17, 15) is 4.79 Å². The summed E-state index contributed by atoms with van der Waals surface area (Å²) < 4.78 is 0. The number of nitrogen functional groups attached to an aromatic ring is 1. The third kappa shape index (κ3) is 2.68. The Kier molecular flexibility index (Phi) is 4.29. The van der Waals surface area contributed by atoms with Gasteiger partial charge >= 0.3 is 0 Å². The average molecular weight is 282 g/mol. The Hall–Kier alpha value is -1.30. The van der Waals surface area contributed by atoms with E-state index in [1.54, 1.807) is 0 Å². The van der Waals surface area contributed by atoms with E-state index in [1.807, 2.05) is 11.8 Å². The molecule has 1 aliphatic heterocycles. The maximum atomic E-state index is 12.7. The number of carbonyl (C=O) groups excluding carboxylic acids is 1. The van der Waals surface area contributed by atoms with Crippen LogP contribution in [0, 0.1) is 0 Å². The minimum atomic E-state index is 0.0380. The maximum Gasteiger partial charge on any atom is 0.268 e. The van der Waals surface area contributed by atoms with Crippen molar-refractivity contribution in [3.05, 3.63) is 4.88 Å². The SMILES string of the molecule is CCNc1nc(N)c(C(=O)N2C(C)CCC2CC)s1. The molecule has 2 atom stereocenters. The zero-order chi connectivity index (χ0) is 14.0. The standard InChI is InChI=1S/C13H22N4OS/c1-4-9-7-6-8(3)17(9)12(18)10-11(14)16-13(19-10)15-5-2/h8-9H,4-7,14H2,1-3H3,(H,15,16). The lowest BCUT2D eigenvalue weighted by Crippen LogP contribution is -2.39. The van der Waals surface area contributed by atoms with Crippen LogP contribution in [0.4, 0.5) is 10.9 Å². The largest absolute Gasteiger partial charge is 0.382 e. The molecule has 0 aliphatic carbocycles. The Morgan fingerprint density at radius 1 is 1.53 bits per heavy atom. The molecule has 1 aromatic heterocycles. The van der Waals surface area contributed by atoms with Gasteiger partial charge in [0.2, 0.25) is 0 Å². The topological polar surface area (TPSA) is 71.2 Å². The summed E-state index contributed by atoms with van der Waals surface area (Å²) in [6.07, 6.45) is 3.15. The van der Waals surface area contributed by atoms with Crippen molar-refractivity contribution in [2.45, 2.75) is 52.1 Å². The summed E-state index contributed by atoms with van der Waals surface area (Å²) in [4.78, 5) is 19.4. The highest BCUT2D eigenvalue weighted by Crippen LogP contribution is 2.32. The van der Waals surface area contributed by atoms with Gasteiger partial charge < -0.3 is 16.0 Å². The number of hydrogen-bond acceptors (Lipinski definition) is 5. The first kappa shape index (κ1) is 14.1. The molecule has 1 amide bonds. The number of nitrogens with zero attached hydrogens (tertiary/aromatic N) is 2. The summed E-state index contributed by atoms with van der Waals surface area (Å²) in [5.41, 5.74) is 5.88. The molecule has 1 fully saturated rings. The highest BCUT2D eigenvalue weighted by Gasteiger charge is 2.35. The van der Waals surface area contributed by atoms with Crippen LogP contribution in [0.3, 0.4) is 0 Å². The van der Waals surface area contributed by atoms with Crippen molar-refractivity contribution < 1.29 is 4.79 Å². The molecule has 0 saturated carbocycles. The molecule has 0 aromatic carbocycles. The lowest BCUT2D eigenvalue weighted by Gasteiger charge is -2.27. The maximum absolute atomic E-state index is 12.7. The Bertz CT molecular complexity index is 459. The second-order valence-electron chi connectivity index (χ2n) is 4.96. The van der Waals surface area contributed by atoms with Crippen molar-refractivity contribution in [3.63, 3.8) is 0 Å². The van der Waals surface area contributed by atoms with Gasteiger partial charge in [0.25, 0.3) is 5.91 Å². The van der Waals surface area contributed by atoms with Crippen molar-refractivity contribution in [3.8, 4) is 0 Å². The van der Waals surface area contributed by atoms with Crippen molar-refractivity contribution in [1.29, 1.82) is 0 Å². The van der Waals surface area contributed by atoms with E-state index in [4.69, 9.17) is 5.73 Å². The monoisotopic (exact) mass is 282 g/mol. The highest BCUT2D eigenvalue weighted by molar-refractivity contribution is 7.18. The summed E-state index contributed by atoms with van der Waals surface area (Å²) in [6, 6.07) is 0.633.